The summed E-state index contributed by atoms with van der Waals surface area (Å²) < 4.78 is 5.35. The van der Waals surface area contributed by atoms with Crippen LogP contribution in [0, 0.1) is 5.92 Å². The molecule has 2 aromatic carbocycles. The molecule has 0 radical (unpaired) electrons. The zero-order valence-corrected chi connectivity index (χ0v) is 18.7. The first-order chi connectivity index (χ1) is 15.7. The van der Waals surface area contributed by atoms with Gasteiger partial charge < -0.3 is 15.2 Å². The monoisotopic (exact) mass is 456 g/mol. The minimum absolute atomic E-state index is 0.0227. The first-order valence-electron chi connectivity index (χ1n) is 10.8. The van der Waals surface area contributed by atoms with Crippen molar-refractivity contribution in [2.24, 2.45) is 11.1 Å². The number of aldehydes is 1. The lowest BCUT2D eigenvalue weighted by Crippen LogP contribution is -2.30. The number of ether oxygens (including phenoxy) is 1. The number of hydrogen-bond donors (Lipinski definition) is 2. The van der Waals surface area contributed by atoms with E-state index >= 15 is 0 Å². The molecule has 1 aliphatic rings. The summed E-state index contributed by atoms with van der Waals surface area (Å²) in [5.41, 5.74) is 0.622. The molecule has 2 aromatic rings. The number of aliphatic hydroxyl groups excluding tert-OH is 1. The molecule has 3 rings (SSSR count). The van der Waals surface area contributed by atoms with Crippen molar-refractivity contribution in [2.75, 3.05) is 19.8 Å². The molecule has 2 N–H and O–H groups in total. The molecule has 7 nitrogen and oxygen atoms in total. The molecule has 0 atom stereocenters. The molecule has 0 aliphatic heterocycles. The smallest absolute Gasteiger partial charge is 0.433 e. The first-order valence-corrected chi connectivity index (χ1v) is 11.6. The van der Waals surface area contributed by atoms with Crippen LogP contribution in [0.1, 0.15) is 37.7 Å². The van der Waals surface area contributed by atoms with Crippen LogP contribution < -0.4 is 10.1 Å². The van der Waals surface area contributed by atoms with E-state index in [9.17, 15) is 9.59 Å². The number of aliphatic hydroxyl groups is 1. The topological polar surface area (TPSA) is 97.2 Å². The molecule has 0 saturated heterocycles. The SMILES string of the molecule is O=C/C(=N\OC(=O)NCC1CCCCC1)c1ccc(Sc2ccc(OCCO)cc2)cc1. The predicted molar refractivity (Wildman–Crippen MR) is 123 cm³/mol. The highest BCUT2D eigenvalue weighted by Crippen LogP contribution is 2.29. The number of rotatable bonds is 10. The normalized spacial score (nSPS) is 14.6. The lowest BCUT2D eigenvalue weighted by atomic mass is 9.89. The van der Waals surface area contributed by atoms with Gasteiger partial charge in [-0.05, 0) is 55.2 Å². The second-order valence-electron chi connectivity index (χ2n) is 7.53. The van der Waals surface area contributed by atoms with Crippen LogP contribution in [0.15, 0.2) is 63.5 Å². The van der Waals surface area contributed by atoms with Gasteiger partial charge >= 0.3 is 6.09 Å². The summed E-state index contributed by atoms with van der Waals surface area (Å²) >= 11 is 1.56. The molecule has 170 valence electrons. The number of hydrogen-bond acceptors (Lipinski definition) is 7. The molecule has 0 spiro atoms. The number of carbonyl (C=O) groups excluding carboxylic acids is 2. The second-order valence-corrected chi connectivity index (χ2v) is 8.67. The van der Waals surface area contributed by atoms with Gasteiger partial charge in [-0.1, -0.05) is 48.3 Å². The van der Waals surface area contributed by atoms with E-state index in [0.717, 1.165) is 22.6 Å². The van der Waals surface area contributed by atoms with Crippen LogP contribution >= 0.6 is 11.8 Å². The van der Waals surface area contributed by atoms with Gasteiger partial charge in [0.2, 0.25) is 0 Å². The lowest BCUT2D eigenvalue weighted by Gasteiger charge is -2.21. The van der Waals surface area contributed by atoms with E-state index in [1.807, 2.05) is 36.4 Å². The maximum absolute atomic E-state index is 11.9. The number of oxime groups is 1. The Morgan fingerprint density at radius 2 is 1.72 bits per heavy atom. The fraction of sp³-hybridized carbons (Fsp3) is 0.375. The van der Waals surface area contributed by atoms with Gasteiger partial charge in [0.15, 0.2) is 12.0 Å². The fourth-order valence-electron chi connectivity index (χ4n) is 3.48. The Morgan fingerprint density at radius 3 is 2.34 bits per heavy atom. The fourth-order valence-corrected chi connectivity index (χ4v) is 4.30. The van der Waals surface area contributed by atoms with E-state index in [4.69, 9.17) is 14.7 Å². The Balaban J connectivity index is 1.51. The van der Waals surface area contributed by atoms with Crippen molar-refractivity contribution in [1.29, 1.82) is 0 Å². The molecule has 0 heterocycles. The molecule has 8 heteroatoms. The molecule has 1 amide bonds. The van der Waals surface area contributed by atoms with Crippen molar-refractivity contribution in [3.8, 4) is 5.75 Å². The van der Waals surface area contributed by atoms with Crippen molar-refractivity contribution in [1.82, 2.24) is 5.32 Å². The third-order valence-corrected chi connectivity index (χ3v) is 6.18. The van der Waals surface area contributed by atoms with Gasteiger partial charge in [0, 0.05) is 21.9 Å². The van der Waals surface area contributed by atoms with Crippen LogP contribution in [0.4, 0.5) is 4.79 Å². The van der Waals surface area contributed by atoms with Gasteiger partial charge in [-0.15, -0.1) is 0 Å². The summed E-state index contributed by atoms with van der Waals surface area (Å²) in [6, 6.07) is 14.8. The van der Waals surface area contributed by atoms with E-state index in [0.29, 0.717) is 30.1 Å². The number of benzene rings is 2. The summed E-state index contributed by atoms with van der Waals surface area (Å²) in [6.45, 7) is 0.816. The van der Waals surface area contributed by atoms with Crippen LogP contribution in [0.3, 0.4) is 0 Å². The first kappa shape index (κ1) is 23.8. The quantitative estimate of drug-likeness (QED) is 0.238. The van der Waals surface area contributed by atoms with E-state index in [1.54, 1.807) is 23.9 Å². The number of nitrogens with one attached hydrogen (secondary N) is 1. The summed E-state index contributed by atoms with van der Waals surface area (Å²) in [4.78, 5) is 30.2. The zero-order valence-electron chi connectivity index (χ0n) is 17.9. The van der Waals surface area contributed by atoms with Crippen LogP contribution in [0.5, 0.6) is 5.75 Å². The molecule has 0 bridgehead atoms. The van der Waals surface area contributed by atoms with Gasteiger partial charge in [-0.2, -0.15) is 0 Å². The van der Waals surface area contributed by atoms with Crippen LogP contribution in [0.25, 0.3) is 0 Å². The van der Waals surface area contributed by atoms with Gasteiger partial charge in [0.1, 0.15) is 12.4 Å². The molecule has 0 aromatic heterocycles. The maximum Gasteiger partial charge on any atom is 0.433 e. The Morgan fingerprint density at radius 1 is 1.06 bits per heavy atom. The minimum atomic E-state index is -0.645. The Kier molecular flexibility index (Phi) is 9.59. The highest BCUT2D eigenvalue weighted by atomic mass is 32.2. The summed E-state index contributed by atoms with van der Waals surface area (Å²) in [5.74, 6) is 1.19. The largest absolute Gasteiger partial charge is 0.491 e. The molecule has 32 heavy (non-hydrogen) atoms. The molecule has 1 fully saturated rings. The zero-order chi connectivity index (χ0) is 22.6. The Hall–Kier alpha value is -2.84. The van der Waals surface area contributed by atoms with Gasteiger partial charge in [-0.25, -0.2) is 4.79 Å². The molecule has 0 unspecified atom stereocenters. The summed E-state index contributed by atoms with van der Waals surface area (Å²) in [5, 5.41) is 15.3. The standard InChI is InChI=1S/C24H28N2O5S/c27-14-15-30-20-8-12-22(13-9-20)32-21-10-6-19(7-11-21)23(17-28)26-31-24(29)25-16-18-4-2-1-3-5-18/h6-13,17-18,27H,1-5,14-16H2,(H,25,29)/b26-23+. The van der Waals surface area contributed by atoms with Crippen LogP contribution in [0.2, 0.25) is 0 Å². The number of nitrogens with zero attached hydrogens (tertiary/aromatic N) is 1. The minimum Gasteiger partial charge on any atom is -0.491 e. The third-order valence-electron chi connectivity index (χ3n) is 5.17. The summed E-state index contributed by atoms with van der Waals surface area (Å²) in [6.07, 6.45) is 5.83. The molecular weight excluding hydrogens is 428 g/mol. The highest BCUT2D eigenvalue weighted by molar-refractivity contribution is 7.99. The van der Waals surface area contributed by atoms with Gasteiger partial charge in [0.25, 0.3) is 0 Å². The lowest BCUT2D eigenvalue weighted by molar-refractivity contribution is -0.102. The number of carbonyl (C=O) groups is 2. The van der Waals surface area contributed by atoms with Crippen molar-refractivity contribution >= 4 is 29.9 Å². The van der Waals surface area contributed by atoms with E-state index in [2.05, 4.69) is 10.5 Å². The molecular formula is C24H28N2O5S. The molecule has 1 saturated carbocycles. The maximum atomic E-state index is 11.9. The van der Waals surface area contributed by atoms with Crippen molar-refractivity contribution in [3.05, 3.63) is 54.1 Å². The third kappa shape index (κ3) is 7.69. The predicted octanol–water partition coefficient (Wildman–Crippen LogP) is 4.42. The van der Waals surface area contributed by atoms with E-state index in [1.165, 1.54) is 19.3 Å². The second kappa shape index (κ2) is 12.9. The van der Waals surface area contributed by atoms with E-state index < -0.39 is 6.09 Å². The van der Waals surface area contributed by atoms with Gasteiger partial charge in [-0.3, -0.25) is 9.63 Å². The summed E-state index contributed by atoms with van der Waals surface area (Å²) in [7, 11) is 0. The van der Waals surface area contributed by atoms with Crippen LogP contribution in [-0.4, -0.2) is 43.0 Å². The van der Waals surface area contributed by atoms with Crippen molar-refractivity contribution in [2.45, 2.75) is 41.9 Å². The van der Waals surface area contributed by atoms with Crippen molar-refractivity contribution < 1.29 is 24.3 Å². The number of amides is 1. The Bertz CT molecular complexity index is 894. The van der Waals surface area contributed by atoms with Crippen LogP contribution in [-0.2, 0) is 9.63 Å². The average molecular weight is 457 g/mol. The average Bonchev–Trinajstić information content (AvgIpc) is 2.84. The van der Waals surface area contributed by atoms with Gasteiger partial charge in [0.05, 0.1) is 6.61 Å². The van der Waals surface area contributed by atoms with E-state index in [-0.39, 0.29) is 18.9 Å². The van der Waals surface area contributed by atoms with Crippen molar-refractivity contribution in [3.63, 3.8) is 0 Å². The molecule has 1 aliphatic carbocycles. The Labute approximate surface area is 192 Å². The highest BCUT2D eigenvalue weighted by Gasteiger charge is 2.15.